The minimum Gasteiger partial charge on any atom is -0.387 e. The summed E-state index contributed by atoms with van der Waals surface area (Å²) in [5.74, 6) is 1.05. The first-order valence-corrected chi connectivity index (χ1v) is 12.3. The molecule has 170 valence electrons. The minimum atomic E-state index is -0.0195. The molecule has 5 rings (SSSR count). The number of piperidine rings is 1. The molecule has 0 bridgehead atoms. The molecule has 1 fully saturated rings. The summed E-state index contributed by atoms with van der Waals surface area (Å²) in [7, 11) is 0. The normalized spacial score (nSPS) is 19.5. The van der Waals surface area contributed by atoms with Gasteiger partial charge in [0.2, 0.25) is 0 Å². The number of guanidine groups is 1. The van der Waals surface area contributed by atoms with E-state index in [0.717, 1.165) is 60.6 Å². The average molecular weight is 460 g/mol. The molecular weight excluding hydrogens is 430 g/mol. The molecule has 2 aromatic carbocycles. The van der Waals surface area contributed by atoms with Gasteiger partial charge in [-0.2, -0.15) is 0 Å². The molecule has 3 aromatic rings. The molecule has 0 amide bonds. The van der Waals surface area contributed by atoms with Crippen LogP contribution in [0.15, 0.2) is 64.1 Å². The van der Waals surface area contributed by atoms with Crippen molar-refractivity contribution in [1.82, 2.24) is 9.88 Å². The van der Waals surface area contributed by atoms with Crippen LogP contribution in [0.2, 0.25) is 0 Å². The topological polar surface area (TPSA) is 76.1 Å². The van der Waals surface area contributed by atoms with E-state index in [0.29, 0.717) is 11.9 Å². The molecule has 1 unspecified atom stereocenters. The number of hydrogen-bond donors (Lipinski definition) is 1. The lowest BCUT2D eigenvalue weighted by Crippen LogP contribution is -2.42. The van der Waals surface area contributed by atoms with E-state index < -0.39 is 0 Å². The Labute approximate surface area is 198 Å². The van der Waals surface area contributed by atoms with Gasteiger partial charge in [-0.05, 0) is 49.4 Å². The van der Waals surface area contributed by atoms with Gasteiger partial charge in [-0.3, -0.25) is 0 Å². The number of aryl methyl sites for hydroxylation is 2. The first-order chi connectivity index (χ1) is 16.1. The van der Waals surface area contributed by atoms with Crippen molar-refractivity contribution >= 4 is 28.7 Å². The third-order valence-corrected chi connectivity index (χ3v) is 7.43. The van der Waals surface area contributed by atoms with E-state index in [1.54, 1.807) is 11.3 Å². The molecule has 1 atom stereocenters. The molecule has 0 radical (unpaired) electrons. The van der Waals surface area contributed by atoms with Crippen LogP contribution in [0.1, 0.15) is 58.7 Å². The van der Waals surface area contributed by atoms with Crippen molar-refractivity contribution in [2.75, 3.05) is 13.1 Å². The fourth-order valence-corrected chi connectivity index (χ4v) is 5.37. The van der Waals surface area contributed by atoms with E-state index in [9.17, 15) is 0 Å². The summed E-state index contributed by atoms with van der Waals surface area (Å²) in [5.41, 5.74) is 12.7. The summed E-state index contributed by atoms with van der Waals surface area (Å²) < 4.78 is 0. The maximum Gasteiger partial charge on any atom is 0.196 e. The molecule has 2 N–H and O–H groups in total. The Bertz CT molecular complexity index is 1180. The molecule has 2 aliphatic rings. The Morgan fingerprint density at radius 1 is 1.12 bits per heavy atom. The Hall–Kier alpha value is -3.19. The Morgan fingerprint density at radius 2 is 1.91 bits per heavy atom. The first kappa shape index (κ1) is 21.6. The number of nitrogens with two attached hydrogens (primary N) is 1. The van der Waals surface area contributed by atoms with Crippen molar-refractivity contribution in [3.63, 3.8) is 0 Å². The fourth-order valence-electron chi connectivity index (χ4n) is 4.37. The average Bonchev–Trinajstić information content (AvgIpc) is 3.52. The molecule has 3 heterocycles. The van der Waals surface area contributed by atoms with Gasteiger partial charge in [-0.15, -0.1) is 11.3 Å². The van der Waals surface area contributed by atoms with Crippen LogP contribution < -0.4 is 5.73 Å². The number of rotatable bonds is 4. The van der Waals surface area contributed by atoms with Gasteiger partial charge in [0.05, 0.1) is 16.4 Å². The van der Waals surface area contributed by atoms with E-state index in [-0.39, 0.29) is 6.10 Å². The molecule has 0 aliphatic carbocycles. The van der Waals surface area contributed by atoms with E-state index in [1.807, 2.05) is 18.2 Å². The Balaban J connectivity index is 1.19. The molecule has 0 spiro atoms. The number of thiazole rings is 1. The van der Waals surface area contributed by atoms with Crippen molar-refractivity contribution in [3.05, 3.63) is 81.3 Å². The summed E-state index contributed by atoms with van der Waals surface area (Å²) in [6.07, 6.45) is 2.78. The lowest BCUT2D eigenvalue weighted by molar-refractivity contribution is 0.0857. The van der Waals surface area contributed by atoms with E-state index in [4.69, 9.17) is 20.5 Å². The number of aliphatic imine (C=N–C) groups is 1. The van der Waals surface area contributed by atoms with Crippen LogP contribution in [0.25, 0.3) is 0 Å². The van der Waals surface area contributed by atoms with Gasteiger partial charge < -0.3 is 15.5 Å². The van der Waals surface area contributed by atoms with Crippen molar-refractivity contribution in [3.8, 4) is 0 Å². The SMILES string of the molecule is Cc1ccc(C)c(N=C(N)N2CCC(c3nc(C4=NOC(c5ccccc5)C4)cs3)CC2)c1. The number of likely N-dealkylation sites (tertiary alicyclic amines) is 1. The molecule has 33 heavy (non-hydrogen) atoms. The Kier molecular flexibility index (Phi) is 6.13. The predicted octanol–water partition coefficient (Wildman–Crippen LogP) is 5.45. The van der Waals surface area contributed by atoms with Crippen molar-refractivity contribution in [1.29, 1.82) is 0 Å². The zero-order valence-corrected chi connectivity index (χ0v) is 19.9. The van der Waals surface area contributed by atoms with Gasteiger partial charge in [0.1, 0.15) is 5.71 Å². The molecule has 1 saturated heterocycles. The lowest BCUT2D eigenvalue weighted by Gasteiger charge is -2.31. The molecule has 6 nitrogen and oxygen atoms in total. The van der Waals surface area contributed by atoms with Crippen LogP contribution in [0.5, 0.6) is 0 Å². The third-order valence-electron chi connectivity index (χ3n) is 6.43. The molecule has 2 aliphatic heterocycles. The highest BCUT2D eigenvalue weighted by molar-refractivity contribution is 7.10. The fraction of sp³-hybridized carbons (Fsp3) is 0.346. The predicted molar refractivity (Wildman–Crippen MR) is 134 cm³/mol. The van der Waals surface area contributed by atoms with Gasteiger partial charge in [0, 0.05) is 30.8 Å². The lowest BCUT2D eigenvalue weighted by atomic mass is 9.97. The number of benzene rings is 2. The Morgan fingerprint density at radius 3 is 2.70 bits per heavy atom. The highest BCUT2D eigenvalue weighted by atomic mass is 32.1. The number of aromatic nitrogens is 1. The quantitative estimate of drug-likeness (QED) is 0.416. The monoisotopic (exact) mass is 459 g/mol. The van der Waals surface area contributed by atoms with Crippen molar-refractivity contribution < 1.29 is 4.84 Å². The highest BCUT2D eigenvalue weighted by Gasteiger charge is 2.28. The smallest absolute Gasteiger partial charge is 0.196 e. The number of nitrogens with zero attached hydrogens (tertiary/aromatic N) is 4. The third kappa shape index (κ3) is 4.78. The number of oxime groups is 1. The van der Waals surface area contributed by atoms with Crippen LogP contribution >= 0.6 is 11.3 Å². The standard InChI is InChI=1S/C26H29N5OS/c1-17-8-9-18(2)21(14-17)29-26(27)31-12-10-20(11-13-31)25-28-23(16-33-25)22-15-24(32-30-22)19-6-4-3-5-7-19/h3-9,14,16,20,24H,10-13,15H2,1-2H3,(H2,27,29). The van der Waals surface area contributed by atoms with Gasteiger partial charge >= 0.3 is 0 Å². The van der Waals surface area contributed by atoms with Gasteiger partial charge in [0.15, 0.2) is 12.1 Å². The van der Waals surface area contributed by atoms with Crippen LogP contribution in [-0.4, -0.2) is 34.6 Å². The van der Waals surface area contributed by atoms with Crippen LogP contribution in [0.3, 0.4) is 0 Å². The minimum absolute atomic E-state index is 0.0195. The molecular formula is C26H29N5OS. The van der Waals surface area contributed by atoms with Crippen LogP contribution in [0.4, 0.5) is 5.69 Å². The van der Waals surface area contributed by atoms with E-state index in [2.05, 4.69) is 59.6 Å². The zero-order chi connectivity index (χ0) is 22.8. The molecule has 7 heteroatoms. The summed E-state index contributed by atoms with van der Waals surface area (Å²) in [6, 6.07) is 16.5. The maximum absolute atomic E-state index is 6.36. The maximum atomic E-state index is 6.36. The second kappa shape index (κ2) is 9.35. The zero-order valence-electron chi connectivity index (χ0n) is 19.1. The second-order valence-corrected chi connectivity index (χ2v) is 9.73. The van der Waals surface area contributed by atoms with Gasteiger partial charge in [-0.25, -0.2) is 9.98 Å². The van der Waals surface area contributed by atoms with Crippen molar-refractivity contribution in [2.24, 2.45) is 15.9 Å². The largest absolute Gasteiger partial charge is 0.387 e. The van der Waals surface area contributed by atoms with Gasteiger partial charge in [-0.1, -0.05) is 47.6 Å². The second-order valence-electron chi connectivity index (χ2n) is 8.84. The van der Waals surface area contributed by atoms with Gasteiger partial charge in [0.25, 0.3) is 0 Å². The van der Waals surface area contributed by atoms with E-state index in [1.165, 1.54) is 10.6 Å². The molecule has 1 aromatic heterocycles. The van der Waals surface area contributed by atoms with E-state index >= 15 is 0 Å². The van der Waals surface area contributed by atoms with Crippen LogP contribution in [0, 0.1) is 13.8 Å². The summed E-state index contributed by atoms with van der Waals surface area (Å²) >= 11 is 1.73. The summed E-state index contributed by atoms with van der Waals surface area (Å²) in [6.45, 7) is 5.92. The summed E-state index contributed by atoms with van der Waals surface area (Å²) in [4.78, 5) is 17.5. The number of hydrogen-bond acceptors (Lipinski definition) is 5. The first-order valence-electron chi connectivity index (χ1n) is 11.5. The van der Waals surface area contributed by atoms with Crippen LogP contribution in [-0.2, 0) is 4.84 Å². The summed E-state index contributed by atoms with van der Waals surface area (Å²) in [5, 5.41) is 7.63. The highest BCUT2D eigenvalue weighted by Crippen LogP contribution is 2.33. The van der Waals surface area contributed by atoms with Crippen molar-refractivity contribution in [2.45, 2.75) is 45.1 Å². The molecule has 0 saturated carbocycles.